The largest absolute Gasteiger partial charge is 0.306 e. The van der Waals surface area contributed by atoms with Gasteiger partial charge in [0.25, 0.3) is 0 Å². The second-order valence-electron chi connectivity index (χ2n) is 6.86. The van der Waals surface area contributed by atoms with E-state index in [2.05, 4.69) is 51.9 Å². The maximum absolute atomic E-state index is 13.4. The van der Waals surface area contributed by atoms with E-state index >= 15 is 0 Å². The van der Waals surface area contributed by atoms with Gasteiger partial charge >= 0.3 is 0 Å². The van der Waals surface area contributed by atoms with Crippen LogP contribution in [0.15, 0.2) is 32.0 Å². The number of likely N-dealkylation sites (tertiary alicyclic amines) is 1. The molecule has 0 bridgehead atoms. The van der Waals surface area contributed by atoms with Crippen LogP contribution in [0.1, 0.15) is 33.6 Å². The van der Waals surface area contributed by atoms with Gasteiger partial charge in [0.05, 0.1) is 4.90 Å². The van der Waals surface area contributed by atoms with Crippen molar-refractivity contribution in [1.29, 1.82) is 5.26 Å². The van der Waals surface area contributed by atoms with Crippen LogP contribution in [-0.4, -0.2) is 42.8 Å². The molecule has 138 valence electrons. The van der Waals surface area contributed by atoms with Crippen LogP contribution in [-0.2, 0) is 10.0 Å². The zero-order chi connectivity index (χ0) is 18.8. The van der Waals surface area contributed by atoms with Crippen molar-refractivity contribution in [1.82, 2.24) is 9.21 Å². The van der Waals surface area contributed by atoms with E-state index in [0.29, 0.717) is 29.9 Å². The van der Waals surface area contributed by atoms with Crippen molar-refractivity contribution < 1.29 is 8.42 Å². The smallest absolute Gasteiger partial charge is 0.244 e. The molecule has 25 heavy (non-hydrogen) atoms. The number of benzene rings is 1. The molecular weight excluding hydrogens is 470 g/mol. The van der Waals surface area contributed by atoms with Gasteiger partial charge in [0, 0.05) is 34.1 Å². The predicted molar refractivity (Wildman–Crippen MR) is 105 cm³/mol. The molecule has 0 spiro atoms. The Hall–Kier alpha value is -0.620. The Bertz CT molecular complexity index is 762. The fourth-order valence-electron chi connectivity index (χ4n) is 3.04. The Kier molecular flexibility index (Phi) is 6.94. The maximum Gasteiger partial charge on any atom is 0.244 e. The van der Waals surface area contributed by atoms with Gasteiger partial charge in [-0.05, 0) is 59.8 Å². The zero-order valence-corrected chi connectivity index (χ0v) is 18.6. The molecule has 1 aliphatic heterocycles. The van der Waals surface area contributed by atoms with Gasteiger partial charge < -0.3 is 4.90 Å². The molecule has 8 heteroatoms. The number of sulfonamides is 1. The Morgan fingerprint density at radius 2 is 2.08 bits per heavy atom. The lowest BCUT2D eigenvalue weighted by molar-refractivity contribution is 0.303. The first-order chi connectivity index (χ1) is 11.7. The van der Waals surface area contributed by atoms with Crippen LogP contribution in [0.4, 0.5) is 0 Å². The summed E-state index contributed by atoms with van der Waals surface area (Å²) in [4.78, 5) is 1.92. The highest BCUT2D eigenvalue weighted by atomic mass is 79.9. The van der Waals surface area contributed by atoms with Crippen molar-refractivity contribution in [2.75, 3.05) is 13.1 Å². The summed E-state index contributed by atoms with van der Waals surface area (Å²) >= 11 is 6.73. The molecule has 5 nitrogen and oxygen atoms in total. The quantitative estimate of drug-likeness (QED) is 0.558. The van der Waals surface area contributed by atoms with Gasteiger partial charge in [0.1, 0.15) is 0 Å². The van der Waals surface area contributed by atoms with E-state index in [0.717, 1.165) is 10.9 Å². The van der Waals surface area contributed by atoms with E-state index in [1.54, 1.807) is 27.4 Å². The van der Waals surface area contributed by atoms with Crippen LogP contribution in [0, 0.1) is 17.4 Å². The second kappa shape index (κ2) is 8.38. The minimum atomic E-state index is -3.67. The number of nitriles is 1. The van der Waals surface area contributed by atoms with Crippen LogP contribution in [0.3, 0.4) is 0 Å². The number of hydrogen-bond donors (Lipinski definition) is 0. The van der Waals surface area contributed by atoms with Crippen molar-refractivity contribution >= 4 is 41.9 Å². The van der Waals surface area contributed by atoms with Gasteiger partial charge in [-0.3, -0.25) is 0 Å². The van der Waals surface area contributed by atoms with Gasteiger partial charge in [-0.25, -0.2) is 8.42 Å². The van der Waals surface area contributed by atoms with Crippen LogP contribution in [0.25, 0.3) is 0 Å². The molecule has 1 saturated heterocycles. The predicted octanol–water partition coefficient (Wildman–Crippen LogP) is 4.19. The van der Waals surface area contributed by atoms with E-state index < -0.39 is 10.0 Å². The third-order valence-corrected chi connectivity index (χ3v) is 7.93. The second-order valence-corrected chi connectivity index (χ2v) is 10.5. The first-order valence-corrected chi connectivity index (χ1v) is 11.3. The number of halogens is 2. The molecule has 1 aromatic carbocycles. The van der Waals surface area contributed by atoms with Crippen molar-refractivity contribution in [2.24, 2.45) is 5.92 Å². The number of nitrogens with zero attached hydrogens (tertiary/aromatic N) is 3. The molecular formula is C17H23Br2N3O2S. The highest BCUT2D eigenvalue weighted by molar-refractivity contribution is 9.11. The van der Waals surface area contributed by atoms with Gasteiger partial charge in [0.2, 0.25) is 10.0 Å². The third kappa shape index (κ3) is 4.76. The van der Waals surface area contributed by atoms with Crippen LogP contribution in [0.5, 0.6) is 0 Å². The average Bonchev–Trinajstić information content (AvgIpc) is 2.89. The van der Waals surface area contributed by atoms with Crippen molar-refractivity contribution in [3.05, 3.63) is 27.1 Å². The molecule has 0 N–H and O–H groups in total. The van der Waals surface area contributed by atoms with E-state index in [-0.39, 0.29) is 17.0 Å². The summed E-state index contributed by atoms with van der Waals surface area (Å²) in [5, 5.41) is 9.25. The van der Waals surface area contributed by atoms with E-state index in [9.17, 15) is 13.7 Å². The molecule has 1 aromatic rings. The van der Waals surface area contributed by atoms with Crippen LogP contribution in [0.2, 0.25) is 0 Å². The van der Waals surface area contributed by atoms with Gasteiger partial charge in [-0.2, -0.15) is 9.57 Å². The lowest BCUT2D eigenvalue weighted by Crippen LogP contribution is -2.42. The monoisotopic (exact) mass is 491 g/mol. The SMILES string of the molecule is CC(C)CCN([C@@H]1C[C@H](C)N(C#N)C1)S(=O)(=O)c1cc(Br)ccc1Br. The average molecular weight is 493 g/mol. The summed E-state index contributed by atoms with van der Waals surface area (Å²) in [5.74, 6) is 0.398. The normalized spacial score (nSPS) is 21.1. The minimum Gasteiger partial charge on any atom is -0.306 e. The Labute approximate surface area is 167 Å². The van der Waals surface area contributed by atoms with E-state index in [1.807, 2.05) is 6.92 Å². The fourth-order valence-corrected chi connectivity index (χ4v) is 6.14. The van der Waals surface area contributed by atoms with Crippen molar-refractivity contribution in [2.45, 2.75) is 50.6 Å². The topological polar surface area (TPSA) is 64.4 Å². The molecule has 0 aromatic heterocycles. The van der Waals surface area contributed by atoms with Gasteiger partial charge in [0.15, 0.2) is 6.19 Å². The highest BCUT2D eigenvalue weighted by Crippen LogP contribution is 2.32. The van der Waals surface area contributed by atoms with Crippen LogP contribution >= 0.6 is 31.9 Å². The Balaban J connectivity index is 2.41. The first-order valence-electron chi connectivity index (χ1n) is 8.30. The number of hydrogen-bond acceptors (Lipinski definition) is 4. The molecule has 1 fully saturated rings. The summed E-state index contributed by atoms with van der Waals surface area (Å²) in [6.07, 6.45) is 3.61. The summed E-state index contributed by atoms with van der Waals surface area (Å²) in [7, 11) is -3.67. The molecule has 2 atom stereocenters. The molecule has 0 aliphatic carbocycles. The first kappa shape index (κ1) is 20.7. The molecule has 1 aliphatic rings. The van der Waals surface area contributed by atoms with Gasteiger partial charge in [-0.15, -0.1) is 0 Å². The summed E-state index contributed by atoms with van der Waals surface area (Å²) in [6, 6.07) is 5.02. The van der Waals surface area contributed by atoms with E-state index in [4.69, 9.17) is 0 Å². The Morgan fingerprint density at radius 1 is 1.40 bits per heavy atom. The minimum absolute atomic E-state index is 0.0534. The lowest BCUT2D eigenvalue weighted by atomic mass is 10.1. The molecule has 1 heterocycles. The summed E-state index contributed by atoms with van der Waals surface area (Å²) in [6.45, 7) is 7.03. The standard InChI is InChI=1S/C17H23Br2N3O2S/c1-12(2)6-7-22(15-8-13(3)21(10-15)11-20)25(23,24)17-9-14(18)4-5-16(17)19/h4-5,9,12-13,15H,6-8,10H2,1-3H3/t13-,15+/m0/s1. The maximum atomic E-state index is 13.4. The summed E-state index contributed by atoms with van der Waals surface area (Å²) in [5.41, 5.74) is 0. The summed E-state index contributed by atoms with van der Waals surface area (Å²) < 4.78 is 29.6. The van der Waals surface area contributed by atoms with Gasteiger partial charge in [-0.1, -0.05) is 29.8 Å². The number of rotatable bonds is 6. The highest BCUT2D eigenvalue weighted by Gasteiger charge is 2.39. The third-order valence-electron chi connectivity index (χ3n) is 4.50. The molecule has 0 radical (unpaired) electrons. The molecule has 0 amide bonds. The fraction of sp³-hybridized carbons (Fsp3) is 0.588. The molecule has 0 unspecified atom stereocenters. The van der Waals surface area contributed by atoms with Crippen molar-refractivity contribution in [3.8, 4) is 6.19 Å². The Morgan fingerprint density at radius 3 is 2.64 bits per heavy atom. The molecule has 0 saturated carbocycles. The van der Waals surface area contributed by atoms with Crippen molar-refractivity contribution in [3.63, 3.8) is 0 Å². The molecule has 2 rings (SSSR count). The zero-order valence-electron chi connectivity index (χ0n) is 14.6. The van der Waals surface area contributed by atoms with E-state index in [1.165, 1.54) is 0 Å². The lowest BCUT2D eigenvalue weighted by Gasteiger charge is -2.29. The van der Waals surface area contributed by atoms with Crippen LogP contribution < -0.4 is 0 Å².